The van der Waals surface area contributed by atoms with Crippen LogP contribution in [0.25, 0.3) is 0 Å². The van der Waals surface area contributed by atoms with Crippen LogP contribution in [-0.2, 0) is 4.79 Å². The number of amides is 2. The molecule has 1 saturated heterocycles. The predicted octanol–water partition coefficient (Wildman–Crippen LogP) is 2.58. The van der Waals surface area contributed by atoms with Crippen molar-refractivity contribution in [2.45, 2.75) is 12.5 Å². The number of carbonyl (C=O) groups excluding carboxylic acids is 2. The molecule has 2 aromatic rings. The van der Waals surface area contributed by atoms with Gasteiger partial charge in [-0.05, 0) is 44.8 Å². The highest BCUT2D eigenvalue weighted by atomic mass is 35.5. The lowest BCUT2D eigenvalue weighted by molar-refractivity contribution is -0.111. The van der Waals surface area contributed by atoms with Gasteiger partial charge in [0.15, 0.2) is 0 Å². The quantitative estimate of drug-likeness (QED) is 0.543. The Morgan fingerprint density at radius 3 is 2.64 bits per heavy atom. The topological polar surface area (TPSA) is 93.7 Å². The fraction of sp³-hybridized carbons (Fsp3) is 0.391. The van der Waals surface area contributed by atoms with Crippen LogP contribution in [-0.4, -0.2) is 84.9 Å². The van der Waals surface area contributed by atoms with Crippen LogP contribution in [0.4, 0.5) is 17.3 Å². The number of likely N-dealkylation sites (tertiary alicyclic amines) is 1. The summed E-state index contributed by atoms with van der Waals surface area (Å²) in [6.07, 6.45) is 5.09. The van der Waals surface area contributed by atoms with Crippen molar-refractivity contribution in [2.75, 3.05) is 62.9 Å². The molecule has 2 amide bonds. The molecule has 0 saturated carbocycles. The number of benzene rings is 1. The van der Waals surface area contributed by atoms with Crippen LogP contribution in [0.5, 0.6) is 0 Å². The average molecular weight is 472 g/mol. The Balaban J connectivity index is 1.73. The molecule has 3 rings (SSSR count). The normalized spacial score (nSPS) is 15.4. The van der Waals surface area contributed by atoms with Gasteiger partial charge in [0, 0.05) is 44.8 Å². The van der Waals surface area contributed by atoms with E-state index in [-0.39, 0.29) is 17.9 Å². The maximum absolute atomic E-state index is 13.2. The van der Waals surface area contributed by atoms with E-state index in [2.05, 4.69) is 32.1 Å². The molecule has 2 heterocycles. The highest BCUT2D eigenvalue weighted by Gasteiger charge is 2.28. The number of likely N-dealkylation sites (N-methyl/N-ethyl adjacent to an activating group) is 2. The highest BCUT2D eigenvalue weighted by molar-refractivity contribution is 6.30. The molecule has 33 heavy (non-hydrogen) atoms. The first kappa shape index (κ1) is 24.5. The molecular weight excluding hydrogens is 442 g/mol. The van der Waals surface area contributed by atoms with Crippen molar-refractivity contribution in [1.29, 1.82) is 0 Å². The zero-order valence-electron chi connectivity index (χ0n) is 19.2. The molecule has 10 heteroatoms. The van der Waals surface area contributed by atoms with E-state index >= 15 is 0 Å². The van der Waals surface area contributed by atoms with E-state index in [1.165, 1.54) is 18.5 Å². The van der Waals surface area contributed by atoms with Gasteiger partial charge in [0.25, 0.3) is 5.91 Å². The molecule has 1 aliphatic rings. The Morgan fingerprint density at radius 1 is 1.24 bits per heavy atom. The van der Waals surface area contributed by atoms with Crippen LogP contribution < -0.4 is 15.5 Å². The van der Waals surface area contributed by atoms with E-state index in [0.29, 0.717) is 35.3 Å². The van der Waals surface area contributed by atoms with Gasteiger partial charge in [-0.3, -0.25) is 9.59 Å². The molecule has 1 aromatic heterocycles. The number of nitrogens with one attached hydrogen (secondary N) is 2. The number of hydrogen-bond acceptors (Lipinski definition) is 7. The Labute approximate surface area is 199 Å². The van der Waals surface area contributed by atoms with Gasteiger partial charge in [0.1, 0.15) is 0 Å². The lowest BCUT2D eigenvalue weighted by Crippen LogP contribution is -2.32. The molecule has 176 valence electrons. The molecule has 1 aromatic carbocycles. The standard InChI is InChI=1S/C23H30ClN7O2/c1-5-21(32)28-19-7-6-16(12-20(19)30(4)11-10-29(2)3)22(33)31-9-8-18(15-31)27-23-25-13-17(24)14-26-23/h5-7,12-14,18H,1,8-11,15H2,2-4H3,(H,28,32)(H,25,26,27). The van der Waals surface area contributed by atoms with Crippen molar-refractivity contribution in [3.63, 3.8) is 0 Å². The smallest absolute Gasteiger partial charge is 0.254 e. The van der Waals surface area contributed by atoms with Gasteiger partial charge in [-0.2, -0.15) is 0 Å². The summed E-state index contributed by atoms with van der Waals surface area (Å²) in [5.41, 5.74) is 1.99. The largest absolute Gasteiger partial charge is 0.372 e. The number of anilines is 3. The van der Waals surface area contributed by atoms with Gasteiger partial charge in [0.2, 0.25) is 11.9 Å². The summed E-state index contributed by atoms with van der Waals surface area (Å²) in [4.78, 5) is 39.4. The monoisotopic (exact) mass is 471 g/mol. The third-order valence-corrected chi connectivity index (χ3v) is 5.61. The van der Waals surface area contributed by atoms with E-state index in [1.807, 2.05) is 37.0 Å². The van der Waals surface area contributed by atoms with Crippen molar-refractivity contribution < 1.29 is 9.59 Å². The number of rotatable bonds is 9. The summed E-state index contributed by atoms with van der Waals surface area (Å²) < 4.78 is 0. The van der Waals surface area contributed by atoms with E-state index in [0.717, 1.165) is 25.2 Å². The minimum Gasteiger partial charge on any atom is -0.372 e. The van der Waals surface area contributed by atoms with Crippen LogP contribution in [0.3, 0.4) is 0 Å². The molecule has 1 aliphatic heterocycles. The highest BCUT2D eigenvalue weighted by Crippen LogP contribution is 2.28. The zero-order chi connectivity index (χ0) is 24.0. The maximum atomic E-state index is 13.2. The fourth-order valence-corrected chi connectivity index (χ4v) is 3.65. The maximum Gasteiger partial charge on any atom is 0.254 e. The summed E-state index contributed by atoms with van der Waals surface area (Å²) in [6.45, 7) is 6.26. The third-order valence-electron chi connectivity index (χ3n) is 5.41. The Hall–Kier alpha value is -3.17. The Morgan fingerprint density at radius 2 is 1.97 bits per heavy atom. The Kier molecular flexibility index (Phi) is 8.24. The lowest BCUT2D eigenvalue weighted by atomic mass is 10.1. The first-order chi connectivity index (χ1) is 15.8. The van der Waals surface area contributed by atoms with Gasteiger partial charge >= 0.3 is 0 Å². The van der Waals surface area contributed by atoms with Gasteiger partial charge < -0.3 is 25.3 Å². The predicted molar refractivity (Wildman–Crippen MR) is 132 cm³/mol. The second-order valence-electron chi connectivity index (χ2n) is 8.26. The summed E-state index contributed by atoms with van der Waals surface area (Å²) in [6, 6.07) is 5.40. The van der Waals surface area contributed by atoms with E-state index < -0.39 is 0 Å². The number of halogens is 1. The fourth-order valence-electron chi connectivity index (χ4n) is 3.55. The van der Waals surface area contributed by atoms with E-state index in [1.54, 1.807) is 12.1 Å². The molecule has 0 aliphatic carbocycles. The SMILES string of the molecule is C=CC(=O)Nc1ccc(C(=O)N2CCC(Nc3ncc(Cl)cn3)C2)cc1N(C)CCN(C)C. The molecule has 0 spiro atoms. The van der Waals surface area contributed by atoms with Gasteiger partial charge in [0.05, 0.1) is 28.8 Å². The number of carbonyl (C=O) groups is 2. The molecule has 1 unspecified atom stereocenters. The molecule has 9 nitrogen and oxygen atoms in total. The molecule has 1 fully saturated rings. The first-order valence-corrected chi connectivity index (χ1v) is 11.1. The van der Waals surface area contributed by atoms with Crippen LogP contribution in [0.2, 0.25) is 5.02 Å². The third kappa shape index (κ3) is 6.66. The first-order valence-electron chi connectivity index (χ1n) is 10.7. The summed E-state index contributed by atoms with van der Waals surface area (Å²) >= 11 is 5.84. The number of nitrogens with zero attached hydrogens (tertiary/aromatic N) is 5. The van der Waals surface area contributed by atoms with E-state index in [4.69, 9.17) is 11.6 Å². The van der Waals surface area contributed by atoms with Crippen molar-refractivity contribution in [2.24, 2.45) is 0 Å². The van der Waals surface area contributed by atoms with Crippen LogP contribution >= 0.6 is 11.6 Å². The van der Waals surface area contributed by atoms with Crippen LogP contribution in [0.1, 0.15) is 16.8 Å². The Bertz CT molecular complexity index is 997. The zero-order valence-corrected chi connectivity index (χ0v) is 20.0. The summed E-state index contributed by atoms with van der Waals surface area (Å²) in [5, 5.41) is 6.56. The van der Waals surface area contributed by atoms with Gasteiger partial charge in [-0.15, -0.1) is 0 Å². The number of aromatic nitrogens is 2. The van der Waals surface area contributed by atoms with Crippen LogP contribution in [0.15, 0.2) is 43.2 Å². The second kappa shape index (κ2) is 11.1. The number of hydrogen-bond donors (Lipinski definition) is 2. The van der Waals surface area contributed by atoms with E-state index in [9.17, 15) is 9.59 Å². The minimum atomic E-state index is -0.297. The van der Waals surface area contributed by atoms with Gasteiger partial charge in [-0.1, -0.05) is 18.2 Å². The molecule has 0 bridgehead atoms. The van der Waals surface area contributed by atoms with Crippen molar-refractivity contribution >= 4 is 40.7 Å². The van der Waals surface area contributed by atoms with Crippen molar-refractivity contribution in [3.8, 4) is 0 Å². The molecule has 1 atom stereocenters. The lowest BCUT2D eigenvalue weighted by Gasteiger charge is -2.25. The molecule has 0 radical (unpaired) electrons. The second-order valence-corrected chi connectivity index (χ2v) is 8.69. The summed E-state index contributed by atoms with van der Waals surface area (Å²) in [7, 11) is 5.95. The minimum absolute atomic E-state index is 0.0554. The average Bonchev–Trinajstić information content (AvgIpc) is 3.27. The van der Waals surface area contributed by atoms with Crippen molar-refractivity contribution in [3.05, 3.63) is 53.8 Å². The van der Waals surface area contributed by atoms with Crippen LogP contribution in [0, 0.1) is 0 Å². The van der Waals surface area contributed by atoms with Gasteiger partial charge in [-0.25, -0.2) is 9.97 Å². The summed E-state index contributed by atoms with van der Waals surface area (Å²) in [5.74, 6) is 0.139. The molecule has 2 N–H and O–H groups in total. The van der Waals surface area contributed by atoms with Crippen molar-refractivity contribution in [1.82, 2.24) is 19.8 Å². The molecular formula is C23H30ClN7O2.